The highest BCUT2D eigenvalue weighted by molar-refractivity contribution is 7.12. The van der Waals surface area contributed by atoms with Crippen molar-refractivity contribution in [1.82, 2.24) is 19.4 Å². The van der Waals surface area contributed by atoms with E-state index in [-0.39, 0.29) is 18.0 Å². The monoisotopic (exact) mass is 490 g/mol. The van der Waals surface area contributed by atoms with Crippen LogP contribution < -0.4 is 10.5 Å². The number of carbonyl (C=O) groups is 1. The van der Waals surface area contributed by atoms with Crippen molar-refractivity contribution in [2.24, 2.45) is 0 Å². The molecule has 34 heavy (non-hydrogen) atoms. The van der Waals surface area contributed by atoms with Crippen LogP contribution in [-0.4, -0.2) is 51.5 Å². The van der Waals surface area contributed by atoms with E-state index in [0.29, 0.717) is 52.8 Å². The maximum absolute atomic E-state index is 13.5. The second-order valence-corrected chi connectivity index (χ2v) is 9.25. The average Bonchev–Trinajstić information content (AvgIpc) is 3.41. The Morgan fingerprint density at radius 3 is 2.68 bits per heavy atom. The minimum absolute atomic E-state index is 0.00314. The number of halogens is 1. The van der Waals surface area contributed by atoms with Crippen molar-refractivity contribution in [2.45, 2.75) is 6.54 Å². The molecular formula is C24H19ClN6O2S. The van der Waals surface area contributed by atoms with Crippen LogP contribution in [0.1, 0.15) is 20.8 Å². The number of thiophene rings is 1. The molecule has 170 valence electrons. The average molecular weight is 491 g/mol. The number of nitriles is 1. The molecule has 0 bridgehead atoms. The number of carbonyl (C=O) groups excluding carboxylic acids is 1. The molecule has 1 amide bonds. The molecule has 0 spiro atoms. The molecule has 5 rings (SSSR count). The largest absolute Gasteiger partial charge is 0.366 e. The molecule has 8 nitrogen and oxygen atoms in total. The standard InChI is InChI=1S/C24H19ClN6O2S/c25-17-11-18-21(29-6-8-30(9-7-29)24(33)20-4-2-10-34-20)19(12-26)23(32)31(22(18)28-14-17)15-16-3-1-5-27-13-16/h1-5,10-11,13-14H,6-9,15H2. The molecule has 4 aromatic rings. The summed E-state index contributed by atoms with van der Waals surface area (Å²) in [6.45, 7) is 2.17. The van der Waals surface area contributed by atoms with E-state index in [9.17, 15) is 14.9 Å². The molecule has 0 radical (unpaired) electrons. The van der Waals surface area contributed by atoms with Gasteiger partial charge in [0.2, 0.25) is 0 Å². The van der Waals surface area contributed by atoms with E-state index in [2.05, 4.69) is 16.0 Å². The third-order valence-corrected chi connectivity index (χ3v) is 6.89. The summed E-state index contributed by atoms with van der Waals surface area (Å²) in [5.41, 5.74) is 1.41. The van der Waals surface area contributed by atoms with Gasteiger partial charge in [-0.1, -0.05) is 23.7 Å². The molecule has 1 aliphatic rings. The Balaban J connectivity index is 1.55. The van der Waals surface area contributed by atoms with Crippen molar-refractivity contribution in [3.63, 3.8) is 0 Å². The number of piperazine rings is 1. The highest BCUT2D eigenvalue weighted by atomic mass is 35.5. The van der Waals surface area contributed by atoms with Crippen LogP contribution in [0.2, 0.25) is 5.02 Å². The molecule has 1 saturated heterocycles. The first-order chi connectivity index (χ1) is 16.6. The van der Waals surface area contributed by atoms with Crippen molar-refractivity contribution in [2.75, 3.05) is 31.1 Å². The Labute approximate surface area is 204 Å². The molecule has 1 fully saturated rings. The Kier molecular flexibility index (Phi) is 6.01. The van der Waals surface area contributed by atoms with Gasteiger partial charge in [-0.25, -0.2) is 4.98 Å². The maximum Gasteiger partial charge on any atom is 0.272 e. The summed E-state index contributed by atoms with van der Waals surface area (Å²) in [6.07, 6.45) is 4.84. The minimum Gasteiger partial charge on any atom is -0.366 e. The molecule has 0 unspecified atom stereocenters. The summed E-state index contributed by atoms with van der Waals surface area (Å²) in [7, 11) is 0. The number of anilines is 1. The van der Waals surface area contributed by atoms with Gasteiger partial charge >= 0.3 is 0 Å². The fourth-order valence-electron chi connectivity index (χ4n) is 4.23. The number of rotatable bonds is 4. The van der Waals surface area contributed by atoms with Gasteiger partial charge in [0, 0.05) is 50.2 Å². The second-order valence-electron chi connectivity index (χ2n) is 7.87. The third-order valence-electron chi connectivity index (χ3n) is 5.83. The quantitative estimate of drug-likeness (QED) is 0.435. The number of pyridine rings is 3. The molecule has 5 heterocycles. The lowest BCUT2D eigenvalue weighted by Gasteiger charge is -2.36. The predicted octanol–water partition coefficient (Wildman–Crippen LogP) is 3.39. The Morgan fingerprint density at radius 1 is 1.18 bits per heavy atom. The van der Waals surface area contributed by atoms with Crippen LogP contribution in [-0.2, 0) is 6.54 Å². The van der Waals surface area contributed by atoms with Gasteiger partial charge in [0.25, 0.3) is 11.5 Å². The lowest BCUT2D eigenvalue weighted by molar-refractivity contribution is 0.0751. The van der Waals surface area contributed by atoms with Crippen LogP contribution in [0.25, 0.3) is 11.0 Å². The normalized spacial score (nSPS) is 13.8. The van der Waals surface area contributed by atoms with Gasteiger partial charge in [-0.05, 0) is 29.1 Å². The molecule has 0 aromatic carbocycles. The molecule has 0 atom stereocenters. The topological polar surface area (TPSA) is 95.1 Å². The van der Waals surface area contributed by atoms with E-state index in [1.807, 2.05) is 28.5 Å². The van der Waals surface area contributed by atoms with Gasteiger partial charge in [0.05, 0.1) is 22.1 Å². The molecule has 4 aromatic heterocycles. The van der Waals surface area contributed by atoms with Crippen LogP contribution in [0.15, 0.2) is 59.1 Å². The first-order valence-corrected chi connectivity index (χ1v) is 11.9. The molecule has 0 aliphatic carbocycles. The summed E-state index contributed by atoms with van der Waals surface area (Å²) in [4.78, 5) is 39.2. The number of fused-ring (bicyclic) bond motifs is 1. The van der Waals surface area contributed by atoms with E-state index in [0.717, 1.165) is 5.56 Å². The first-order valence-electron chi connectivity index (χ1n) is 10.7. The van der Waals surface area contributed by atoms with Gasteiger partial charge in [-0.15, -0.1) is 11.3 Å². The highest BCUT2D eigenvalue weighted by Gasteiger charge is 2.28. The molecule has 1 aliphatic heterocycles. The summed E-state index contributed by atoms with van der Waals surface area (Å²) in [5, 5.41) is 12.9. The van der Waals surface area contributed by atoms with Gasteiger partial charge in [-0.3, -0.25) is 19.1 Å². The fraction of sp³-hybridized carbons (Fsp3) is 0.208. The van der Waals surface area contributed by atoms with Crippen LogP contribution in [0, 0.1) is 11.3 Å². The van der Waals surface area contributed by atoms with Gasteiger partial charge in [-0.2, -0.15) is 5.26 Å². The lowest BCUT2D eigenvalue weighted by Crippen LogP contribution is -2.49. The zero-order chi connectivity index (χ0) is 23.7. The van der Waals surface area contributed by atoms with Crippen LogP contribution in [0.5, 0.6) is 0 Å². The third kappa shape index (κ3) is 4.02. The Morgan fingerprint density at radius 2 is 2.00 bits per heavy atom. The van der Waals surface area contributed by atoms with Crippen molar-refractivity contribution < 1.29 is 4.79 Å². The predicted molar refractivity (Wildman–Crippen MR) is 132 cm³/mol. The van der Waals surface area contributed by atoms with Gasteiger partial charge in [0.1, 0.15) is 17.3 Å². The minimum atomic E-state index is -0.416. The second kappa shape index (κ2) is 9.25. The molecule has 0 saturated carbocycles. The Bertz CT molecular complexity index is 1460. The van der Waals surface area contributed by atoms with Crippen molar-refractivity contribution in [3.8, 4) is 6.07 Å². The van der Waals surface area contributed by atoms with Crippen molar-refractivity contribution in [1.29, 1.82) is 5.26 Å². The molecule has 0 N–H and O–H groups in total. The van der Waals surface area contributed by atoms with Crippen molar-refractivity contribution in [3.05, 3.63) is 85.7 Å². The number of aromatic nitrogens is 3. The van der Waals surface area contributed by atoms with Crippen molar-refractivity contribution >= 4 is 45.6 Å². The smallest absolute Gasteiger partial charge is 0.272 e. The lowest BCUT2D eigenvalue weighted by atomic mass is 10.1. The van der Waals surface area contributed by atoms with Crippen LogP contribution in [0.3, 0.4) is 0 Å². The van der Waals surface area contributed by atoms with E-state index in [1.165, 1.54) is 22.1 Å². The van der Waals surface area contributed by atoms with Crippen LogP contribution >= 0.6 is 22.9 Å². The molecular weight excluding hydrogens is 472 g/mol. The number of amides is 1. The number of hydrogen-bond donors (Lipinski definition) is 0. The fourth-order valence-corrected chi connectivity index (χ4v) is 5.08. The zero-order valence-corrected chi connectivity index (χ0v) is 19.6. The number of nitrogens with zero attached hydrogens (tertiary/aromatic N) is 6. The maximum atomic E-state index is 13.5. The van der Waals surface area contributed by atoms with Gasteiger partial charge in [0.15, 0.2) is 0 Å². The summed E-state index contributed by atoms with van der Waals surface area (Å²) < 4.78 is 1.49. The van der Waals surface area contributed by atoms with E-state index >= 15 is 0 Å². The zero-order valence-electron chi connectivity index (χ0n) is 18.0. The molecule has 10 heteroatoms. The van der Waals surface area contributed by atoms with E-state index < -0.39 is 5.56 Å². The Hall–Kier alpha value is -3.74. The summed E-state index contributed by atoms with van der Waals surface area (Å²) in [5.74, 6) is -0.00314. The summed E-state index contributed by atoms with van der Waals surface area (Å²) in [6, 6.07) is 11.2. The van der Waals surface area contributed by atoms with E-state index in [1.54, 1.807) is 29.4 Å². The first kappa shape index (κ1) is 22.1. The summed E-state index contributed by atoms with van der Waals surface area (Å²) >= 11 is 7.70. The number of hydrogen-bond acceptors (Lipinski definition) is 7. The van der Waals surface area contributed by atoms with Crippen LogP contribution in [0.4, 0.5) is 5.69 Å². The highest BCUT2D eigenvalue weighted by Crippen LogP contribution is 2.31. The van der Waals surface area contributed by atoms with Gasteiger partial charge < -0.3 is 9.80 Å². The van der Waals surface area contributed by atoms with E-state index in [4.69, 9.17) is 11.6 Å². The SMILES string of the molecule is N#Cc1c(N2CCN(C(=O)c3cccs3)CC2)c2cc(Cl)cnc2n(Cc2cccnc2)c1=O.